The molecule has 0 amide bonds. The molecule has 2 aromatic carbocycles. The van der Waals surface area contributed by atoms with E-state index in [1.807, 2.05) is 18.2 Å². The fraction of sp³-hybridized carbons (Fsp3) is 0. The lowest BCUT2D eigenvalue weighted by atomic mass is 10.2. The van der Waals surface area contributed by atoms with E-state index in [-0.39, 0.29) is 0 Å². The van der Waals surface area contributed by atoms with Gasteiger partial charge in [-0.25, -0.2) is 0 Å². The fourth-order valence-corrected chi connectivity index (χ4v) is 3.73. The molecule has 1 aliphatic heterocycles. The largest absolute Gasteiger partial charge is 0.448 e. The third-order valence-corrected chi connectivity index (χ3v) is 4.16. The SMILES string of the molecule is Clc1cc(Br)cc2c1Oc1cc(Br)cc(Br)c1O2. The Bertz CT molecular complexity index is 601. The molecule has 2 aromatic rings. The van der Waals surface area contributed by atoms with Gasteiger partial charge in [-0.3, -0.25) is 0 Å². The zero-order valence-corrected chi connectivity index (χ0v) is 14.2. The number of hydrogen-bond acceptors (Lipinski definition) is 2. The minimum absolute atomic E-state index is 0.501. The monoisotopic (exact) mass is 452 g/mol. The van der Waals surface area contributed by atoms with Crippen LogP contribution in [-0.4, -0.2) is 0 Å². The van der Waals surface area contributed by atoms with E-state index >= 15 is 0 Å². The van der Waals surface area contributed by atoms with Gasteiger partial charge in [0, 0.05) is 8.95 Å². The molecule has 1 heterocycles. The molecule has 0 N–H and O–H groups in total. The normalized spacial score (nSPS) is 12.2. The second kappa shape index (κ2) is 4.71. The van der Waals surface area contributed by atoms with Gasteiger partial charge < -0.3 is 9.47 Å². The smallest absolute Gasteiger partial charge is 0.188 e. The summed E-state index contributed by atoms with van der Waals surface area (Å²) in [5.74, 6) is 2.37. The third-order valence-electron chi connectivity index (χ3n) is 2.37. The maximum atomic E-state index is 6.14. The molecule has 0 atom stereocenters. The highest BCUT2D eigenvalue weighted by molar-refractivity contribution is 9.11. The van der Waals surface area contributed by atoms with Gasteiger partial charge in [-0.1, -0.05) is 43.5 Å². The average molecular weight is 455 g/mol. The number of halogens is 4. The van der Waals surface area contributed by atoms with Gasteiger partial charge in [0.2, 0.25) is 0 Å². The van der Waals surface area contributed by atoms with Crippen LogP contribution in [0.25, 0.3) is 0 Å². The van der Waals surface area contributed by atoms with Crippen LogP contribution in [0, 0.1) is 0 Å². The van der Waals surface area contributed by atoms with Crippen LogP contribution in [0.4, 0.5) is 0 Å². The molecule has 0 fully saturated rings. The summed E-state index contributed by atoms with van der Waals surface area (Å²) >= 11 is 16.4. The Morgan fingerprint density at radius 2 is 1.33 bits per heavy atom. The van der Waals surface area contributed by atoms with E-state index in [2.05, 4.69) is 47.8 Å². The van der Waals surface area contributed by atoms with E-state index in [0.717, 1.165) is 13.4 Å². The number of hydrogen-bond donors (Lipinski definition) is 0. The maximum Gasteiger partial charge on any atom is 0.188 e. The highest BCUT2D eigenvalue weighted by Crippen LogP contribution is 2.52. The van der Waals surface area contributed by atoms with Crippen LogP contribution in [0.2, 0.25) is 5.02 Å². The summed E-state index contributed by atoms with van der Waals surface area (Å²) in [7, 11) is 0. The lowest BCUT2D eigenvalue weighted by molar-refractivity contribution is 0.357. The van der Waals surface area contributed by atoms with Crippen molar-refractivity contribution in [2.75, 3.05) is 0 Å². The molecule has 0 saturated carbocycles. The highest BCUT2D eigenvalue weighted by Gasteiger charge is 2.24. The molecule has 0 bridgehead atoms. The lowest BCUT2D eigenvalue weighted by Gasteiger charge is -2.22. The van der Waals surface area contributed by atoms with Gasteiger partial charge in [0.15, 0.2) is 23.0 Å². The van der Waals surface area contributed by atoms with E-state index in [1.54, 1.807) is 6.07 Å². The number of ether oxygens (including phenoxy) is 2. The van der Waals surface area contributed by atoms with Crippen molar-refractivity contribution < 1.29 is 9.47 Å². The molecular formula is C12H4Br3ClO2. The molecule has 0 unspecified atom stereocenters. The molecule has 6 heteroatoms. The summed E-state index contributed by atoms with van der Waals surface area (Å²) in [6, 6.07) is 7.31. The molecule has 1 aliphatic rings. The van der Waals surface area contributed by atoms with Crippen LogP contribution in [0.3, 0.4) is 0 Å². The van der Waals surface area contributed by atoms with E-state index in [4.69, 9.17) is 21.1 Å². The predicted molar refractivity (Wildman–Crippen MR) is 81.1 cm³/mol. The minimum Gasteiger partial charge on any atom is -0.448 e. The first kappa shape index (κ1) is 12.8. The first-order valence-corrected chi connectivity index (χ1v) is 7.64. The fourth-order valence-electron chi connectivity index (χ4n) is 1.64. The van der Waals surface area contributed by atoms with Gasteiger partial charge in [-0.2, -0.15) is 0 Å². The molecule has 0 radical (unpaired) electrons. The lowest BCUT2D eigenvalue weighted by Crippen LogP contribution is -2.00. The highest BCUT2D eigenvalue weighted by atomic mass is 79.9. The van der Waals surface area contributed by atoms with Crippen LogP contribution in [-0.2, 0) is 0 Å². The van der Waals surface area contributed by atoms with Gasteiger partial charge in [-0.05, 0) is 40.2 Å². The van der Waals surface area contributed by atoms with Gasteiger partial charge in [0.1, 0.15) is 0 Å². The van der Waals surface area contributed by atoms with E-state index in [0.29, 0.717) is 28.0 Å². The zero-order valence-electron chi connectivity index (χ0n) is 8.64. The van der Waals surface area contributed by atoms with Crippen molar-refractivity contribution in [3.05, 3.63) is 42.7 Å². The van der Waals surface area contributed by atoms with Crippen molar-refractivity contribution in [3.8, 4) is 23.0 Å². The number of fused-ring (bicyclic) bond motifs is 2. The van der Waals surface area contributed by atoms with E-state index in [9.17, 15) is 0 Å². The first-order chi connectivity index (χ1) is 8.54. The second-order valence-electron chi connectivity index (χ2n) is 3.63. The van der Waals surface area contributed by atoms with E-state index < -0.39 is 0 Å². The van der Waals surface area contributed by atoms with Crippen molar-refractivity contribution >= 4 is 59.4 Å². The van der Waals surface area contributed by atoms with Crippen molar-refractivity contribution in [2.24, 2.45) is 0 Å². The van der Waals surface area contributed by atoms with Gasteiger partial charge in [-0.15, -0.1) is 0 Å². The molecular weight excluding hydrogens is 451 g/mol. The van der Waals surface area contributed by atoms with E-state index in [1.165, 1.54) is 0 Å². The quantitative estimate of drug-likeness (QED) is 0.384. The Morgan fingerprint density at radius 1 is 0.778 bits per heavy atom. The summed E-state index contributed by atoms with van der Waals surface area (Å²) in [6.45, 7) is 0. The van der Waals surface area contributed by atoms with Crippen LogP contribution in [0.1, 0.15) is 0 Å². The molecule has 92 valence electrons. The predicted octanol–water partition coefficient (Wildman–Crippen LogP) is 6.53. The molecule has 0 aliphatic carbocycles. The van der Waals surface area contributed by atoms with Gasteiger partial charge in [0.25, 0.3) is 0 Å². The van der Waals surface area contributed by atoms with Crippen molar-refractivity contribution in [1.82, 2.24) is 0 Å². The standard InChI is InChI=1S/C12H4Br3ClO2/c13-5-1-7(15)11-9(3-5)18-12-8(16)2-6(14)4-10(12)17-11/h1-4H. The van der Waals surface area contributed by atoms with Crippen LogP contribution in [0.5, 0.6) is 23.0 Å². The van der Waals surface area contributed by atoms with Crippen molar-refractivity contribution in [3.63, 3.8) is 0 Å². The molecule has 0 spiro atoms. The number of benzene rings is 2. The summed E-state index contributed by atoms with van der Waals surface area (Å²) in [5, 5.41) is 0.501. The summed E-state index contributed by atoms with van der Waals surface area (Å²) in [4.78, 5) is 0. The summed E-state index contributed by atoms with van der Waals surface area (Å²) in [5.41, 5.74) is 0. The Kier molecular flexibility index (Phi) is 3.34. The van der Waals surface area contributed by atoms with Gasteiger partial charge in [0.05, 0.1) is 9.50 Å². The molecule has 0 saturated heterocycles. The van der Waals surface area contributed by atoms with Crippen LogP contribution < -0.4 is 9.47 Å². The van der Waals surface area contributed by atoms with Gasteiger partial charge >= 0.3 is 0 Å². The minimum atomic E-state index is 0.501. The molecule has 3 rings (SSSR count). The maximum absolute atomic E-state index is 6.14. The Hall–Kier alpha value is -0.230. The zero-order chi connectivity index (χ0) is 12.9. The van der Waals surface area contributed by atoms with Crippen LogP contribution >= 0.6 is 59.4 Å². The van der Waals surface area contributed by atoms with Crippen molar-refractivity contribution in [1.29, 1.82) is 0 Å². The Morgan fingerprint density at radius 3 is 2.06 bits per heavy atom. The topological polar surface area (TPSA) is 18.5 Å². The Labute approximate surface area is 134 Å². The number of rotatable bonds is 0. The summed E-state index contributed by atoms with van der Waals surface area (Å²) in [6.07, 6.45) is 0. The first-order valence-electron chi connectivity index (χ1n) is 4.88. The second-order valence-corrected chi connectivity index (χ2v) is 6.73. The van der Waals surface area contributed by atoms with Crippen LogP contribution in [0.15, 0.2) is 37.7 Å². The molecule has 2 nitrogen and oxygen atoms in total. The summed E-state index contributed by atoms with van der Waals surface area (Å²) < 4.78 is 14.2. The molecule has 18 heavy (non-hydrogen) atoms. The molecule has 0 aromatic heterocycles. The Balaban J connectivity index is 2.18. The third kappa shape index (κ3) is 2.18. The van der Waals surface area contributed by atoms with Crippen molar-refractivity contribution in [2.45, 2.75) is 0 Å². The average Bonchev–Trinajstić information content (AvgIpc) is 2.27.